The molecule has 114 valence electrons. The number of benzene rings is 2. The molecule has 1 unspecified atom stereocenters. The summed E-state index contributed by atoms with van der Waals surface area (Å²) in [5.41, 5.74) is 3.55. The van der Waals surface area contributed by atoms with Gasteiger partial charge in [0.15, 0.2) is 0 Å². The van der Waals surface area contributed by atoms with E-state index in [-0.39, 0.29) is 12.3 Å². The van der Waals surface area contributed by atoms with Gasteiger partial charge in [-0.15, -0.1) is 0 Å². The van der Waals surface area contributed by atoms with Crippen molar-refractivity contribution in [2.75, 3.05) is 5.32 Å². The molecule has 2 aliphatic rings. The Balaban J connectivity index is 1.90. The van der Waals surface area contributed by atoms with Gasteiger partial charge in [0.1, 0.15) is 11.9 Å². The highest BCUT2D eigenvalue weighted by molar-refractivity contribution is 6.36. The van der Waals surface area contributed by atoms with Gasteiger partial charge in [-0.2, -0.15) is 0 Å². The molecule has 2 N–H and O–H groups in total. The maximum absolute atomic E-state index is 12.4. The molecule has 5 nitrogen and oxygen atoms in total. The summed E-state index contributed by atoms with van der Waals surface area (Å²) in [6.45, 7) is 0. The van der Waals surface area contributed by atoms with Crippen LogP contribution >= 0.6 is 0 Å². The molecule has 1 atom stereocenters. The van der Waals surface area contributed by atoms with Crippen LogP contribution in [0.25, 0.3) is 11.3 Å². The van der Waals surface area contributed by atoms with Crippen molar-refractivity contribution in [3.05, 3.63) is 65.2 Å². The molecule has 2 aromatic carbocycles. The Bertz CT molecular complexity index is 869. The topological polar surface area (TPSA) is 75.6 Å². The number of hydrogen-bond acceptors (Lipinski definition) is 3. The highest BCUT2D eigenvalue weighted by atomic mass is 16.5. The number of anilines is 1. The first-order valence-corrected chi connectivity index (χ1v) is 7.28. The summed E-state index contributed by atoms with van der Waals surface area (Å²) in [5.74, 6) is -0.714. The number of para-hydroxylation sites is 1. The zero-order valence-corrected chi connectivity index (χ0v) is 12.1. The highest BCUT2D eigenvalue weighted by Gasteiger charge is 2.36. The van der Waals surface area contributed by atoms with Crippen LogP contribution in [0.2, 0.25) is 0 Å². The van der Waals surface area contributed by atoms with Gasteiger partial charge in [0.05, 0.1) is 12.0 Å². The van der Waals surface area contributed by atoms with Crippen molar-refractivity contribution >= 4 is 28.9 Å². The second-order valence-electron chi connectivity index (χ2n) is 5.50. The number of aliphatic carboxylic acids is 1. The molecule has 0 radical (unpaired) electrons. The molecule has 0 fully saturated rings. The fourth-order valence-corrected chi connectivity index (χ4v) is 3.10. The first kappa shape index (κ1) is 13.6. The zero-order valence-electron chi connectivity index (χ0n) is 12.1. The number of amides is 1. The smallest absolute Gasteiger partial charge is 0.307 e. The first-order chi connectivity index (χ1) is 11.1. The summed E-state index contributed by atoms with van der Waals surface area (Å²) >= 11 is 0. The highest BCUT2D eigenvalue weighted by Crippen LogP contribution is 2.46. The minimum absolute atomic E-state index is 0.142. The number of ether oxygens (including phenoxy) is 1. The van der Waals surface area contributed by atoms with Gasteiger partial charge in [-0.25, -0.2) is 0 Å². The number of carbonyl (C=O) groups is 2. The van der Waals surface area contributed by atoms with E-state index in [9.17, 15) is 9.59 Å². The summed E-state index contributed by atoms with van der Waals surface area (Å²) < 4.78 is 5.89. The molecule has 0 saturated carbocycles. The fraction of sp³-hybridized carbons (Fsp3) is 0.111. The van der Waals surface area contributed by atoms with E-state index in [1.54, 1.807) is 0 Å². The van der Waals surface area contributed by atoms with Gasteiger partial charge in [-0.1, -0.05) is 42.5 Å². The first-order valence-electron chi connectivity index (χ1n) is 7.28. The molecule has 2 heterocycles. The van der Waals surface area contributed by atoms with Crippen LogP contribution in [0.15, 0.2) is 48.5 Å². The molecule has 0 bridgehead atoms. The Morgan fingerprint density at radius 3 is 2.57 bits per heavy atom. The standard InChI is InChI=1S/C18H13NO4/c20-15(21)9-14-10-5-1-2-6-11(10)17(23-14)16-12-7-3-4-8-13(12)19-18(16)22/h1-8,14H,9H2,(H,19,22)(H,20,21)/b17-16+. The van der Waals surface area contributed by atoms with E-state index < -0.39 is 12.1 Å². The van der Waals surface area contributed by atoms with E-state index in [0.29, 0.717) is 11.3 Å². The van der Waals surface area contributed by atoms with Crippen LogP contribution in [-0.4, -0.2) is 17.0 Å². The van der Waals surface area contributed by atoms with E-state index in [0.717, 1.165) is 22.4 Å². The second kappa shape index (κ2) is 4.98. The number of nitrogens with one attached hydrogen (secondary N) is 1. The number of carbonyl (C=O) groups excluding carboxylic acids is 1. The van der Waals surface area contributed by atoms with Gasteiger partial charge in [-0.3, -0.25) is 9.59 Å². The van der Waals surface area contributed by atoms with Crippen LogP contribution in [-0.2, 0) is 14.3 Å². The SMILES string of the molecule is O=C(O)CC1O/C(=C2/C(=O)Nc3ccccc32)c2ccccc21. The average molecular weight is 307 g/mol. The fourth-order valence-electron chi connectivity index (χ4n) is 3.10. The molecule has 5 heteroatoms. The Morgan fingerprint density at radius 2 is 1.78 bits per heavy atom. The number of carboxylic acid groups (broad SMARTS) is 1. The third-order valence-corrected chi connectivity index (χ3v) is 4.07. The largest absolute Gasteiger partial charge is 0.484 e. The lowest BCUT2D eigenvalue weighted by molar-refractivity contribution is -0.139. The summed E-state index contributed by atoms with van der Waals surface area (Å²) in [4.78, 5) is 23.5. The predicted molar refractivity (Wildman–Crippen MR) is 84.4 cm³/mol. The molecular formula is C18H13NO4. The Kier molecular flexibility index (Phi) is 2.94. The van der Waals surface area contributed by atoms with Crippen molar-refractivity contribution in [1.82, 2.24) is 0 Å². The van der Waals surface area contributed by atoms with Gasteiger partial charge >= 0.3 is 5.97 Å². The van der Waals surface area contributed by atoms with Crippen molar-refractivity contribution in [1.29, 1.82) is 0 Å². The molecule has 4 rings (SSSR count). The number of rotatable bonds is 2. The van der Waals surface area contributed by atoms with E-state index in [4.69, 9.17) is 9.84 Å². The van der Waals surface area contributed by atoms with Crippen molar-refractivity contribution in [3.8, 4) is 0 Å². The monoisotopic (exact) mass is 307 g/mol. The van der Waals surface area contributed by atoms with Crippen molar-refractivity contribution in [2.24, 2.45) is 0 Å². The summed E-state index contributed by atoms with van der Waals surface area (Å²) in [7, 11) is 0. The second-order valence-corrected chi connectivity index (χ2v) is 5.50. The summed E-state index contributed by atoms with van der Waals surface area (Å²) in [6.07, 6.45) is -0.719. The molecule has 1 amide bonds. The van der Waals surface area contributed by atoms with Gasteiger partial charge < -0.3 is 15.2 Å². The van der Waals surface area contributed by atoms with Crippen molar-refractivity contribution in [3.63, 3.8) is 0 Å². The average Bonchev–Trinajstić information content (AvgIpc) is 3.04. The zero-order chi connectivity index (χ0) is 16.0. The van der Waals surface area contributed by atoms with E-state index in [1.165, 1.54) is 0 Å². The summed E-state index contributed by atoms with van der Waals surface area (Å²) in [5, 5.41) is 11.9. The quantitative estimate of drug-likeness (QED) is 0.836. The number of fused-ring (bicyclic) bond motifs is 2. The lowest BCUT2D eigenvalue weighted by Crippen LogP contribution is -2.07. The van der Waals surface area contributed by atoms with E-state index in [2.05, 4.69) is 5.32 Å². The van der Waals surface area contributed by atoms with Gasteiger partial charge in [0, 0.05) is 22.4 Å². The molecule has 2 aliphatic heterocycles. The Morgan fingerprint density at radius 1 is 1.09 bits per heavy atom. The van der Waals surface area contributed by atoms with Gasteiger partial charge in [-0.05, 0) is 6.07 Å². The number of hydrogen-bond donors (Lipinski definition) is 2. The molecule has 0 saturated heterocycles. The lowest BCUT2D eigenvalue weighted by Gasteiger charge is -2.10. The molecule has 23 heavy (non-hydrogen) atoms. The lowest BCUT2D eigenvalue weighted by atomic mass is 9.98. The minimum Gasteiger partial charge on any atom is -0.484 e. The minimum atomic E-state index is -0.938. The Hall–Kier alpha value is -3.08. The van der Waals surface area contributed by atoms with Crippen LogP contribution in [0.5, 0.6) is 0 Å². The molecule has 2 aromatic rings. The maximum atomic E-state index is 12.4. The van der Waals surface area contributed by atoms with E-state index in [1.807, 2.05) is 48.5 Å². The molecule has 0 aliphatic carbocycles. The van der Waals surface area contributed by atoms with Crippen molar-refractivity contribution < 1.29 is 19.4 Å². The van der Waals surface area contributed by atoms with E-state index >= 15 is 0 Å². The van der Waals surface area contributed by atoms with Crippen LogP contribution < -0.4 is 5.32 Å². The third-order valence-electron chi connectivity index (χ3n) is 4.07. The van der Waals surface area contributed by atoms with Crippen molar-refractivity contribution in [2.45, 2.75) is 12.5 Å². The number of carboxylic acids is 1. The van der Waals surface area contributed by atoms with Crippen LogP contribution in [0, 0.1) is 0 Å². The molecule has 0 spiro atoms. The van der Waals surface area contributed by atoms with Crippen LogP contribution in [0.1, 0.15) is 29.2 Å². The maximum Gasteiger partial charge on any atom is 0.307 e. The molecular weight excluding hydrogens is 294 g/mol. The van der Waals surface area contributed by atoms with Crippen LogP contribution in [0.4, 0.5) is 5.69 Å². The van der Waals surface area contributed by atoms with Crippen LogP contribution in [0.3, 0.4) is 0 Å². The molecule has 0 aromatic heterocycles. The Labute approximate surface area is 132 Å². The van der Waals surface area contributed by atoms with Gasteiger partial charge in [0.2, 0.25) is 0 Å². The third kappa shape index (κ3) is 2.09. The summed E-state index contributed by atoms with van der Waals surface area (Å²) in [6, 6.07) is 14.8. The normalized spacial score (nSPS) is 21.4. The van der Waals surface area contributed by atoms with Gasteiger partial charge in [0.25, 0.3) is 5.91 Å². The predicted octanol–water partition coefficient (Wildman–Crippen LogP) is 3.05.